The lowest BCUT2D eigenvalue weighted by Gasteiger charge is -2.18. The number of carbonyl (C=O) groups is 1. The van der Waals surface area contributed by atoms with Gasteiger partial charge in [-0.15, -0.1) is 9.89 Å². The smallest absolute Gasteiger partial charge is 0.224 e. The van der Waals surface area contributed by atoms with E-state index in [0.717, 1.165) is 34.8 Å². The zero-order chi connectivity index (χ0) is 22.9. The van der Waals surface area contributed by atoms with E-state index in [1.807, 2.05) is 55.5 Å². The summed E-state index contributed by atoms with van der Waals surface area (Å²) in [7, 11) is 0. The van der Waals surface area contributed by atoms with E-state index >= 15 is 0 Å². The number of rotatable bonds is 5. The molecule has 1 N–H and O–H groups in total. The maximum absolute atomic E-state index is 11.8. The molecule has 2 aromatic carbocycles. The molecule has 0 spiro atoms. The van der Waals surface area contributed by atoms with Crippen LogP contribution in [0.1, 0.15) is 51.9 Å². The number of fused-ring (bicyclic) bond motifs is 1. The van der Waals surface area contributed by atoms with Crippen molar-refractivity contribution < 1.29 is 4.79 Å². The molecule has 7 nitrogen and oxygen atoms in total. The third-order valence-electron chi connectivity index (χ3n) is 5.11. The summed E-state index contributed by atoms with van der Waals surface area (Å²) in [6.45, 7) is 10.4. The minimum Gasteiger partial charge on any atom is -0.326 e. The number of aryl methyl sites for hydroxylation is 1. The van der Waals surface area contributed by atoms with Crippen molar-refractivity contribution in [2.75, 3.05) is 5.32 Å². The van der Waals surface area contributed by atoms with E-state index in [-0.39, 0.29) is 11.3 Å². The average Bonchev–Trinajstić information content (AvgIpc) is 3.29. The molecule has 4 rings (SSSR count). The standard InChI is InChI=1S/C25H28N6O/c1-6-7-20(32)26-18-14-10-17(11-15-18)23-28-24-21(27-19-12-8-16(2)9-13-19)22(25(3,4)5)29-31(24)30-23/h8-15H,6-7H2,1-5H3,(H,26,32). The molecule has 164 valence electrons. The van der Waals surface area contributed by atoms with Crippen LogP contribution in [-0.4, -0.2) is 32.2 Å². The number of hydrogen-bond acceptors (Lipinski definition) is 5. The summed E-state index contributed by atoms with van der Waals surface area (Å²) in [6.07, 6.45) is 1.33. The number of aliphatic imine (C=N–C) groups is 1. The van der Waals surface area contributed by atoms with Gasteiger partial charge in [-0.25, -0.2) is 9.98 Å². The number of nitrogens with zero attached hydrogens (tertiary/aromatic N) is 5. The van der Waals surface area contributed by atoms with E-state index in [1.165, 1.54) is 5.56 Å². The van der Waals surface area contributed by atoms with Crippen molar-refractivity contribution in [3.8, 4) is 11.4 Å². The first-order chi connectivity index (χ1) is 15.2. The van der Waals surface area contributed by atoms with E-state index in [4.69, 9.17) is 15.1 Å². The number of amides is 1. The Morgan fingerprint density at radius 3 is 2.38 bits per heavy atom. The van der Waals surface area contributed by atoms with Gasteiger partial charge in [-0.05, 0) is 49.7 Å². The second-order valence-corrected chi connectivity index (χ2v) is 9.02. The van der Waals surface area contributed by atoms with Crippen LogP contribution in [0.25, 0.3) is 11.4 Å². The fourth-order valence-electron chi connectivity index (χ4n) is 3.40. The van der Waals surface area contributed by atoms with Gasteiger partial charge in [0.25, 0.3) is 0 Å². The molecule has 1 aliphatic heterocycles. The van der Waals surface area contributed by atoms with Crippen LogP contribution in [0.2, 0.25) is 0 Å². The van der Waals surface area contributed by atoms with Gasteiger partial charge < -0.3 is 5.32 Å². The van der Waals surface area contributed by atoms with Gasteiger partial charge >= 0.3 is 0 Å². The summed E-state index contributed by atoms with van der Waals surface area (Å²) in [5.74, 6) is 1.21. The van der Waals surface area contributed by atoms with Gasteiger partial charge in [0.15, 0.2) is 5.82 Å². The van der Waals surface area contributed by atoms with Crippen LogP contribution >= 0.6 is 0 Å². The lowest BCUT2D eigenvalue weighted by Crippen LogP contribution is -2.27. The van der Waals surface area contributed by atoms with Crippen molar-refractivity contribution >= 4 is 28.7 Å². The summed E-state index contributed by atoms with van der Waals surface area (Å²) in [4.78, 5) is 23.0. The van der Waals surface area contributed by atoms with Gasteiger partial charge in [-0.3, -0.25) is 4.79 Å². The predicted molar refractivity (Wildman–Crippen MR) is 129 cm³/mol. The van der Waals surface area contributed by atoms with Crippen LogP contribution in [0, 0.1) is 12.3 Å². The molecule has 0 radical (unpaired) electrons. The zero-order valence-corrected chi connectivity index (χ0v) is 19.2. The first kappa shape index (κ1) is 21.6. The monoisotopic (exact) mass is 428 g/mol. The maximum Gasteiger partial charge on any atom is 0.224 e. The number of nitrogens with one attached hydrogen (secondary N) is 1. The Hall–Kier alpha value is -3.61. The fraction of sp³-hybridized carbons (Fsp3) is 0.320. The van der Waals surface area contributed by atoms with Crippen LogP contribution in [0.15, 0.2) is 58.6 Å². The molecule has 0 unspecified atom stereocenters. The second kappa shape index (κ2) is 8.49. The lowest BCUT2D eigenvalue weighted by atomic mass is 9.87. The van der Waals surface area contributed by atoms with Gasteiger partial charge in [0.2, 0.25) is 11.7 Å². The summed E-state index contributed by atoms with van der Waals surface area (Å²) < 4.78 is 0. The van der Waals surface area contributed by atoms with Gasteiger partial charge in [-0.2, -0.15) is 5.10 Å². The molecule has 32 heavy (non-hydrogen) atoms. The Labute approximate surface area is 188 Å². The largest absolute Gasteiger partial charge is 0.326 e. The molecule has 1 amide bonds. The third-order valence-corrected chi connectivity index (χ3v) is 5.11. The Bertz CT molecular complexity index is 1190. The van der Waals surface area contributed by atoms with E-state index in [2.05, 4.69) is 38.1 Å². The lowest BCUT2D eigenvalue weighted by molar-refractivity contribution is -0.116. The highest BCUT2D eigenvalue weighted by atomic mass is 16.1. The SMILES string of the molecule is CCCC(=O)Nc1ccc(-c2nc3n(n2)N=C(C(C)(C)C)C3=Nc2ccc(C)cc2)cc1. The molecule has 2 heterocycles. The Kier molecular flexibility index (Phi) is 5.74. The van der Waals surface area contributed by atoms with E-state index in [0.29, 0.717) is 18.1 Å². The fourth-order valence-corrected chi connectivity index (χ4v) is 3.40. The number of benzene rings is 2. The predicted octanol–water partition coefficient (Wildman–Crippen LogP) is 5.38. The van der Waals surface area contributed by atoms with Crippen LogP contribution in [-0.2, 0) is 4.79 Å². The molecule has 1 aromatic heterocycles. The number of carbonyl (C=O) groups excluding carboxylic acids is 1. The second-order valence-electron chi connectivity index (χ2n) is 9.02. The first-order valence-electron chi connectivity index (χ1n) is 10.9. The van der Waals surface area contributed by atoms with E-state index in [9.17, 15) is 4.79 Å². The Morgan fingerprint density at radius 1 is 1.06 bits per heavy atom. The molecule has 3 aromatic rings. The minimum atomic E-state index is -0.204. The molecule has 7 heteroatoms. The molecule has 0 saturated heterocycles. The molecule has 0 bridgehead atoms. The van der Waals surface area contributed by atoms with Gasteiger partial charge in [0.1, 0.15) is 5.71 Å². The number of anilines is 1. The van der Waals surface area contributed by atoms with Crippen molar-refractivity contribution in [1.29, 1.82) is 0 Å². The Morgan fingerprint density at radius 2 is 1.75 bits per heavy atom. The quantitative estimate of drug-likeness (QED) is 0.592. The summed E-state index contributed by atoms with van der Waals surface area (Å²) in [5, 5.41) is 12.2. The highest BCUT2D eigenvalue weighted by molar-refractivity contribution is 6.50. The third kappa shape index (κ3) is 4.51. The van der Waals surface area contributed by atoms with Crippen molar-refractivity contribution in [2.24, 2.45) is 15.5 Å². The van der Waals surface area contributed by atoms with Crippen molar-refractivity contribution in [3.63, 3.8) is 0 Å². The van der Waals surface area contributed by atoms with Crippen molar-refractivity contribution in [2.45, 2.75) is 47.5 Å². The Balaban J connectivity index is 1.67. The molecule has 0 saturated carbocycles. The molecule has 0 atom stereocenters. The van der Waals surface area contributed by atoms with Crippen LogP contribution in [0.3, 0.4) is 0 Å². The van der Waals surface area contributed by atoms with Crippen LogP contribution < -0.4 is 5.32 Å². The van der Waals surface area contributed by atoms with Gasteiger partial charge in [-0.1, -0.05) is 45.4 Å². The molecule has 1 aliphatic rings. The minimum absolute atomic E-state index is 0.0142. The normalized spacial score (nSPS) is 14.4. The van der Waals surface area contributed by atoms with Gasteiger partial charge in [0.05, 0.1) is 11.4 Å². The van der Waals surface area contributed by atoms with Gasteiger partial charge in [0, 0.05) is 23.1 Å². The highest BCUT2D eigenvalue weighted by Gasteiger charge is 2.34. The van der Waals surface area contributed by atoms with Crippen LogP contribution in [0.4, 0.5) is 11.4 Å². The van der Waals surface area contributed by atoms with E-state index in [1.54, 1.807) is 4.79 Å². The topological polar surface area (TPSA) is 84.5 Å². The van der Waals surface area contributed by atoms with Crippen molar-refractivity contribution in [3.05, 3.63) is 59.9 Å². The molecular weight excluding hydrogens is 400 g/mol. The van der Waals surface area contributed by atoms with Crippen molar-refractivity contribution in [1.82, 2.24) is 14.9 Å². The molecule has 0 fully saturated rings. The molecular formula is C25H28N6O. The number of aromatic nitrogens is 3. The summed E-state index contributed by atoms with van der Waals surface area (Å²) >= 11 is 0. The first-order valence-corrected chi connectivity index (χ1v) is 10.9. The maximum atomic E-state index is 11.8. The summed E-state index contributed by atoms with van der Waals surface area (Å²) in [6, 6.07) is 15.6. The molecule has 0 aliphatic carbocycles. The summed E-state index contributed by atoms with van der Waals surface area (Å²) in [5.41, 5.74) is 5.04. The van der Waals surface area contributed by atoms with Crippen LogP contribution in [0.5, 0.6) is 0 Å². The zero-order valence-electron chi connectivity index (χ0n) is 19.2. The van der Waals surface area contributed by atoms with E-state index < -0.39 is 0 Å². The number of hydrogen-bond donors (Lipinski definition) is 1. The highest BCUT2D eigenvalue weighted by Crippen LogP contribution is 2.28. The average molecular weight is 429 g/mol.